The molecule has 0 radical (unpaired) electrons. The van der Waals surface area contributed by atoms with Gasteiger partial charge in [0.2, 0.25) is 5.95 Å². The molecule has 0 amide bonds. The van der Waals surface area contributed by atoms with E-state index in [1.807, 2.05) is 30.2 Å². The average Bonchev–Trinajstić information content (AvgIpc) is 2.77. The van der Waals surface area contributed by atoms with Crippen LogP contribution in [0.2, 0.25) is 0 Å². The van der Waals surface area contributed by atoms with E-state index in [-0.39, 0.29) is 0 Å². The quantitative estimate of drug-likeness (QED) is 0.847. The molecule has 2 aromatic heterocycles. The summed E-state index contributed by atoms with van der Waals surface area (Å²) in [5.74, 6) is 0.889. The van der Waals surface area contributed by atoms with Gasteiger partial charge in [-0.1, -0.05) is 0 Å². The molecule has 0 aliphatic carbocycles. The predicted molar refractivity (Wildman–Crippen MR) is 63.3 cm³/mol. The van der Waals surface area contributed by atoms with Crippen LogP contribution in [0.25, 0.3) is 0 Å². The van der Waals surface area contributed by atoms with Crippen LogP contribution in [0.5, 0.6) is 0 Å². The van der Waals surface area contributed by atoms with Crippen molar-refractivity contribution in [2.24, 2.45) is 7.05 Å². The molecule has 0 aromatic carbocycles. The van der Waals surface area contributed by atoms with Gasteiger partial charge in [-0.2, -0.15) is 5.10 Å². The molecule has 0 aliphatic rings. The van der Waals surface area contributed by atoms with Crippen LogP contribution in [0.1, 0.15) is 19.5 Å². The number of hydrogen-bond donors (Lipinski definition) is 1. The van der Waals surface area contributed by atoms with E-state index in [1.54, 1.807) is 6.20 Å². The summed E-state index contributed by atoms with van der Waals surface area (Å²) in [6.45, 7) is 4.94. The summed E-state index contributed by atoms with van der Waals surface area (Å²) in [5, 5.41) is 7.64. The lowest BCUT2D eigenvalue weighted by molar-refractivity contribution is 0.703. The molecule has 1 N–H and O–H groups in total. The van der Waals surface area contributed by atoms with Gasteiger partial charge < -0.3 is 9.88 Å². The van der Waals surface area contributed by atoms with Crippen molar-refractivity contribution in [2.75, 3.05) is 5.32 Å². The van der Waals surface area contributed by atoms with Crippen LogP contribution in [-0.2, 0) is 13.6 Å². The molecule has 5 nitrogen and oxygen atoms in total. The van der Waals surface area contributed by atoms with Crippen LogP contribution in [-0.4, -0.2) is 25.4 Å². The maximum atomic E-state index is 4.35. The third-order valence-corrected chi connectivity index (χ3v) is 2.23. The van der Waals surface area contributed by atoms with Crippen molar-refractivity contribution >= 4 is 5.95 Å². The average molecular weight is 219 g/mol. The molecule has 0 atom stereocenters. The van der Waals surface area contributed by atoms with E-state index in [4.69, 9.17) is 0 Å². The monoisotopic (exact) mass is 219 g/mol. The zero-order valence-electron chi connectivity index (χ0n) is 9.88. The largest absolute Gasteiger partial charge is 0.353 e. The first-order valence-electron chi connectivity index (χ1n) is 5.41. The molecule has 2 rings (SSSR count). The summed E-state index contributed by atoms with van der Waals surface area (Å²) in [6, 6.07) is 2.39. The van der Waals surface area contributed by atoms with Crippen LogP contribution >= 0.6 is 0 Å². The van der Waals surface area contributed by atoms with Crippen molar-refractivity contribution in [2.45, 2.75) is 26.4 Å². The highest BCUT2D eigenvalue weighted by molar-refractivity contribution is 5.27. The Morgan fingerprint density at radius 2 is 2.19 bits per heavy atom. The molecule has 0 spiro atoms. The van der Waals surface area contributed by atoms with E-state index in [1.165, 1.54) is 0 Å². The summed E-state index contributed by atoms with van der Waals surface area (Å²) in [6.07, 6.45) is 5.70. The summed E-state index contributed by atoms with van der Waals surface area (Å²) >= 11 is 0. The van der Waals surface area contributed by atoms with Crippen LogP contribution in [0.3, 0.4) is 0 Å². The Hall–Kier alpha value is -1.78. The Balaban J connectivity index is 2.12. The van der Waals surface area contributed by atoms with E-state index < -0.39 is 0 Å². The number of nitrogens with one attached hydrogen (secondary N) is 1. The summed E-state index contributed by atoms with van der Waals surface area (Å²) in [7, 11) is 1.92. The normalized spacial score (nSPS) is 11.0. The molecular formula is C11H17N5. The van der Waals surface area contributed by atoms with Crippen molar-refractivity contribution in [1.29, 1.82) is 0 Å². The number of anilines is 1. The Bertz CT molecular complexity index is 454. The van der Waals surface area contributed by atoms with Gasteiger partial charge in [0.15, 0.2) is 0 Å². The zero-order chi connectivity index (χ0) is 11.5. The van der Waals surface area contributed by atoms with Gasteiger partial charge in [-0.3, -0.25) is 4.68 Å². The van der Waals surface area contributed by atoms with Gasteiger partial charge in [0.1, 0.15) is 0 Å². The summed E-state index contributed by atoms with van der Waals surface area (Å²) < 4.78 is 3.87. The third kappa shape index (κ3) is 2.42. The second kappa shape index (κ2) is 4.38. The highest BCUT2D eigenvalue weighted by Crippen LogP contribution is 2.08. The molecule has 0 bridgehead atoms. The van der Waals surface area contributed by atoms with Crippen LogP contribution in [0.15, 0.2) is 24.7 Å². The van der Waals surface area contributed by atoms with E-state index in [0.717, 1.165) is 18.2 Å². The van der Waals surface area contributed by atoms with Gasteiger partial charge in [0, 0.05) is 31.7 Å². The zero-order valence-corrected chi connectivity index (χ0v) is 9.88. The summed E-state index contributed by atoms with van der Waals surface area (Å²) in [5.41, 5.74) is 1.03. The van der Waals surface area contributed by atoms with Gasteiger partial charge >= 0.3 is 0 Å². The molecule has 0 saturated heterocycles. The highest BCUT2D eigenvalue weighted by Gasteiger charge is 2.05. The lowest BCUT2D eigenvalue weighted by Crippen LogP contribution is -2.15. The minimum atomic E-state index is 0.380. The summed E-state index contributed by atoms with van der Waals surface area (Å²) in [4.78, 5) is 4.28. The fraction of sp³-hybridized carbons (Fsp3) is 0.455. The maximum Gasteiger partial charge on any atom is 0.203 e. The number of aromatic nitrogens is 4. The van der Waals surface area contributed by atoms with E-state index in [9.17, 15) is 0 Å². The molecule has 0 unspecified atom stereocenters. The second-order valence-electron chi connectivity index (χ2n) is 4.16. The molecular weight excluding hydrogens is 202 g/mol. The Kier molecular flexibility index (Phi) is 2.94. The van der Waals surface area contributed by atoms with Crippen molar-refractivity contribution in [3.63, 3.8) is 0 Å². The molecule has 0 fully saturated rings. The lowest BCUT2D eigenvalue weighted by atomic mass is 10.4. The van der Waals surface area contributed by atoms with Crippen molar-refractivity contribution in [3.8, 4) is 0 Å². The van der Waals surface area contributed by atoms with Gasteiger partial charge in [0.05, 0.1) is 12.2 Å². The van der Waals surface area contributed by atoms with Gasteiger partial charge in [-0.15, -0.1) is 0 Å². The minimum Gasteiger partial charge on any atom is -0.353 e. The number of imidazole rings is 1. The van der Waals surface area contributed by atoms with Crippen LogP contribution < -0.4 is 5.32 Å². The number of rotatable bonds is 4. The fourth-order valence-corrected chi connectivity index (χ4v) is 1.56. The lowest BCUT2D eigenvalue weighted by Gasteiger charge is -2.11. The van der Waals surface area contributed by atoms with E-state index in [2.05, 4.69) is 33.8 Å². The number of nitrogens with zero attached hydrogens (tertiary/aromatic N) is 4. The molecule has 0 aliphatic heterocycles. The van der Waals surface area contributed by atoms with Crippen LogP contribution in [0.4, 0.5) is 5.95 Å². The molecule has 5 heteroatoms. The van der Waals surface area contributed by atoms with Gasteiger partial charge in [0.25, 0.3) is 0 Å². The smallest absolute Gasteiger partial charge is 0.203 e. The molecule has 0 saturated carbocycles. The Morgan fingerprint density at radius 1 is 1.38 bits per heavy atom. The Morgan fingerprint density at radius 3 is 2.81 bits per heavy atom. The van der Waals surface area contributed by atoms with Crippen molar-refractivity contribution in [3.05, 3.63) is 30.4 Å². The fourth-order valence-electron chi connectivity index (χ4n) is 1.56. The van der Waals surface area contributed by atoms with Crippen molar-refractivity contribution < 1.29 is 0 Å². The number of aryl methyl sites for hydroxylation is 1. The SMILES string of the molecule is CC(C)Nc1nccn1Cc1ccn(C)n1. The van der Waals surface area contributed by atoms with Crippen LogP contribution in [0, 0.1) is 0 Å². The molecule has 16 heavy (non-hydrogen) atoms. The maximum absolute atomic E-state index is 4.35. The van der Waals surface area contributed by atoms with Gasteiger partial charge in [-0.25, -0.2) is 4.98 Å². The van der Waals surface area contributed by atoms with Crippen molar-refractivity contribution in [1.82, 2.24) is 19.3 Å². The van der Waals surface area contributed by atoms with E-state index >= 15 is 0 Å². The first kappa shape index (κ1) is 10.7. The molecule has 2 heterocycles. The standard InChI is InChI=1S/C11H17N5/c1-9(2)13-11-12-5-7-16(11)8-10-4-6-15(3)14-10/h4-7,9H,8H2,1-3H3,(H,12,13). The minimum absolute atomic E-state index is 0.380. The highest BCUT2D eigenvalue weighted by atomic mass is 15.3. The molecule has 86 valence electrons. The topological polar surface area (TPSA) is 47.7 Å². The second-order valence-corrected chi connectivity index (χ2v) is 4.16. The first-order valence-corrected chi connectivity index (χ1v) is 5.41. The number of hydrogen-bond acceptors (Lipinski definition) is 3. The van der Waals surface area contributed by atoms with E-state index in [0.29, 0.717) is 6.04 Å². The third-order valence-electron chi connectivity index (χ3n) is 2.23. The Labute approximate surface area is 95.1 Å². The van der Waals surface area contributed by atoms with Gasteiger partial charge in [-0.05, 0) is 19.9 Å². The predicted octanol–water partition coefficient (Wildman–Crippen LogP) is 1.49. The molecule has 2 aromatic rings. The first-order chi connectivity index (χ1) is 7.65.